The molecule has 35 heavy (non-hydrogen) atoms. The summed E-state index contributed by atoms with van der Waals surface area (Å²) in [5, 5.41) is 3.08. The van der Waals surface area contributed by atoms with Gasteiger partial charge in [-0.15, -0.1) is 0 Å². The van der Waals surface area contributed by atoms with E-state index >= 15 is 0 Å². The van der Waals surface area contributed by atoms with Crippen molar-refractivity contribution in [2.75, 3.05) is 31.3 Å². The van der Waals surface area contributed by atoms with Gasteiger partial charge in [0.15, 0.2) is 11.5 Å². The summed E-state index contributed by atoms with van der Waals surface area (Å²) < 4.78 is 11.9. The molecule has 1 spiro atoms. The molecule has 6 nitrogen and oxygen atoms in total. The molecule has 0 aromatic heterocycles. The van der Waals surface area contributed by atoms with Gasteiger partial charge in [-0.2, -0.15) is 0 Å². The van der Waals surface area contributed by atoms with Crippen LogP contribution in [0.2, 0.25) is 0 Å². The van der Waals surface area contributed by atoms with E-state index in [-0.39, 0.29) is 5.91 Å². The Morgan fingerprint density at radius 3 is 2.46 bits per heavy atom. The Hall–Kier alpha value is -3.77. The molecule has 5 rings (SSSR count). The smallest absolute Gasteiger partial charge is 0.247 e. The van der Waals surface area contributed by atoms with E-state index in [0.717, 1.165) is 43.9 Å². The second-order valence-electron chi connectivity index (χ2n) is 9.03. The quantitative estimate of drug-likeness (QED) is 0.472. The summed E-state index contributed by atoms with van der Waals surface area (Å²) in [4.78, 5) is 17.6. The number of nitrogens with zero attached hydrogens (tertiary/aromatic N) is 2. The van der Waals surface area contributed by atoms with Gasteiger partial charge in [0.05, 0.1) is 6.67 Å². The number of para-hydroxylation sites is 3. The van der Waals surface area contributed by atoms with Crippen molar-refractivity contribution < 1.29 is 14.3 Å². The number of hydrogen-bond donors (Lipinski definition) is 1. The lowest BCUT2D eigenvalue weighted by atomic mass is 9.85. The van der Waals surface area contributed by atoms with Crippen molar-refractivity contribution in [2.24, 2.45) is 0 Å². The monoisotopic (exact) mass is 469 g/mol. The lowest BCUT2D eigenvalue weighted by Gasteiger charge is -2.43. The van der Waals surface area contributed by atoms with E-state index in [1.54, 1.807) is 6.08 Å². The highest BCUT2D eigenvalue weighted by Gasteiger charge is 2.50. The molecular weight excluding hydrogens is 438 g/mol. The van der Waals surface area contributed by atoms with Crippen molar-refractivity contribution in [1.82, 2.24) is 10.2 Å². The molecule has 0 bridgehead atoms. The Morgan fingerprint density at radius 2 is 1.69 bits per heavy atom. The first kappa shape index (κ1) is 23.0. The maximum absolute atomic E-state index is 12.9. The fourth-order valence-corrected chi connectivity index (χ4v) is 5.01. The number of nitrogens with one attached hydrogen (secondary N) is 1. The molecule has 2 aliphatic rings. The average molecular weight is 470 g/mol. The summed E-state index contributed by atoms with van der Waals surface area (Å²) >= 11 is 0. The molecule has 2 aliphatic heterocycles. The van der Waals surface area contributed by atoms with Gasteiger partial charge < -0.3 is 19.7 Å². The highest BCUT2D eigenvalue weighted by atomic mass is 16.5. The van der Waals surface area contributed by atoms with Crippen molar-refractivity contribution >= 4 is 11.6 Å². The number of anilines is 1. The zero-order valence-corrected chi connectivity index (χ0v) is 19.9. The summed E-state index contributed by atoms with van der Waals surface area (Å²) in [6.45, 7) is 7.24. The highest BCUT2D eigenvalue weighted by molar-refractivity contribution is 5.93. The van der Waals surface area contributed by atoms with E-state index < -0.39 is 5.54 Å². The summed E-state index contributed by atoms with van der Waals surface area (Å²) in [5.41, 5.74) is 1.82. The third kappa shape index (κ3) is 4.88. The first-order valence-electron chi connectivity index (χ1n) is 12.1. The van der Waals surface area contributed by atoms with E-state index in [2.05, 4.69) is 46.0 Å². The Bertz CT molecular complexity index is 1170. The standard InChI is InChI=1S/C29H31N3O3/c1-2-19-34-26-13-6-7-14-27(26)35-25-12-8-9-23(20-25)21-31-17-15-29(16-18-31)28(33)30-22-32(29)24-10-4-3-5-11-24/h2-14,20H,1,15-19,21-22H2,(H,30,33). The Labute approximate surface area is 206 Å². The first-order chi connectivity index (χ1) is 17.2. The number of likely N-dealkylation sites (tertiary alicyclic amines) is 1. The number of benzene rings is 3. The van der Waals surface area contributed by atoms with Gasteiger partial charge in [0, 0.05) is 25.3 Å². The fraction of sp³-hybridized carbons (Fsp3) is 0.276. The van der Waals surface area contributed by atoms with Gasteiger partial charge in [-0.1, -0.05) is 55.1 Å². The van der Waals surface area contributed by atoms with Crippen LogP contribution in [0.4, 0.5) is 5.69 Å². The number of carbonyl (C=O) groups excluding carboxylic acids is 1. The van der Waals surface area contributed by atoms with Crippen LogP contribution >= 0.6 is 0 Å². The van der Waals surface area contributed by atoms with Gasteiger partial charge in [0.1, 0.15) is 17.9 Å². The number of hydrogen-bond acceptors (Lipinski definition) is 5. The van der Waals surface area contributed by atoms with Crippen LogP contribution in [0.5, 0.6) is 17.2 Å². The van der Waals surface area contributed by atoms with Crippen molar-refractivity contribution in [3.8, 4) is 17.2 Å². The second-order valence-corrected chi connectivity index (χ2v) is 9.03. The van der Waals surface area contributed by atoms with Crippen LogP contribution in [-0.2, 0) is 11.3 Å². The van der Waals surface area contributed by atoms with Gasteiger partial charge >= 0.3 is 0 Å². The minimum Gasteiger partial charge on any atom is -0.486 e. The Kier molecular flexibility index (Phi) is 6.73. The van der Waals surface area contributed by atoms with Gasteiger partial charge in [-0.25, -0.2) is 0 Å². The lowest BCUT2D eigenvalue weighted by molar-refractivity contribution is -0.125. The van der Waals surface area contributed by atoms with Crippen LogP contribution in [0, 0.1) is 0 Å². The van der Waals surface area contributed by atoms with Crippen LogP contribution in [-0.4, -0.2) is 42.7 Å². The van der Waals surface area contributed by atoms with Gasteiger partial charge in [0.25, 0.3) is 0 Å². The Balaban J connectivity index is 1.24. The van der Waals surface area contributed by atoms with E-state index in [9.17, 15) is 4.79 Å². The molecular formula is C29H31N3O3. The number of piperidine rings is 1. The SMILES string of the molecule is C=CCOc1ccccc1Oc1cccc(CN2CCC3(CC2)C(=O)NCN3c2ccccc2)c1. The topological polar surface area (TPSA) is 54.0 Å². The van der Waals surface area contributed by atoms with Crippen LogP contribution < -0.4 is 19.7 Å². The largest absolute Gasteiger partial charge is 0.486 e. The highest BCUT2D eigenvalue weighted by Crippen LogP contribution is 2.37. The lowest BCUT2D eigenvalue weighted by Crippen LogP contribution is -2.56. The van der Waals surface area contributed by atoms with Crippen molar-refractivity contribution in [3.63, 3.8) is 0 Å². The Morgan fingerprint density at radius 1 is 0.943 bits per heavy atom. The van der Waals surface area contributed by atoms with Crippen molar-refractivity contribution in [1.29, 1.82) is 0 Å². The van der Waals surface area contributed by atoms with Crippen LogP contribution in [0.15, 0.2) is 91.5 Å². The zero-order valence-electron chi connectivity index (χ0n) is 19.9. The summed E-state index contributed by atoms with van der Waals surface area (Å²) in [6.07, 6.45) is 3.32. The number of rotatable bonds is 8. The summed E-state index contributed by atoms with van der Waals surface area (Å²) in [5.74, 6) is 2.29. The first-order valence-corrected chi connectivity index (χ1v) is 12.1. The summed E-state index contributed by atoms with van der Waals surface area (Å²) in [6, 6.07) is 26.1. The fourth-order valence-electron chi connectivity index (χ4n) is 5.01. The molecule has 180 valence electrons. The minimum atomic E-state index is -0.460. The van der Waals surface area contributed by atoms with Crippen LogP contribution in [0.3, 0.4) is 0 Å². The van der Waals surface area contributed by atoms with Crippen molar-refractivity contribution in [3.05, 3.63) is 97.1 Å². The third-order valence-corrected chi connectivity index (χ3v) is 6.83. The molecule has 6 heteroatoms. The number of ether oxygens (including phenoxy) is 2. The number of carbonyl (C=O) groups is 1. The van der Waals surface area contributed by atoms with E-state index in [1.807, 2.05) is 54.6 Å². The maximum atomic E-state index is 12.9. The third-order valence-electron chi connectivity index (χ3n) is 6.83. The van der Waals surface area contributed by atoms with Crippen LogP contribution in [0.25, 0.3) is 0 Å². The van der Waals surface area contributed by atoms with Gasteiger partial charge in [0.2, 0.25) is 5.91 Å². The molecule has 2 saturated heterocycles. The maximum Gasteiger partial charge on any atom is 0.247 e. The predicted molar refractivity (Wildman–Crippen MR) is 138 cm³/mol. The zero-order chi connectivity index (χ0) is 24.1. The van der Waals surface area contributed by atoms with Gasteiger partial charge in [-0.3, -0.25) is 9.69 Å². The van der Waals surface area contributed by atoms with E-state index in [1.165, 1.54) is 5.56 Å². The molecule has 2 fully saturated rings. The predicted octanol–water partition coefficient (Wildman–Crippen LogP) is 4.97. The molecule has 1 amide bonds. The normalized spacial score (nSPS) is 17.3. The molecule has 0 radical (unpaired) electrons. The van der Waals surface area contributed by atoms with E-state index in [4.69, 9.17) is 9.47 Å². The minimum absolute atomic E-state index is 0.147. The molecule has 1 N–H and O–H groups in total. The second kappa shape index (κ2) is 10.2. The molecule has 0 unspecified atom stereocenters. The van der Waals surface area contributed by atoms with Crippen molar-refractivity contribution in [2.45, 2.75) is 24.9 Å². The summed E-state index contributed by atoms with van der Waals surface area (Å²) in [7, 11) is 0. The molecule has 3 aromatic carbocycles. The van der Waals surface area contributed by atoms with Crippen LogP contribution in [0.1, 0.15) is 18.4 Å². The van der Waals surface area contributed by atoms with Gasteiger partial charge in [-0.05, 0) is 54.8 Å². The average Bonchev–Trinajstić information content (AvgIpc) is 3.21. The molecule has 0 saturated carbocycles. The molecule has 0 aliphatic carbocycles. The molecule has 0 atom stereocenters. The molecule has 2 heterocycles. The van der Waals surface area contributed by atoms with E-state index in [0.29, 0.717) is 24.8 Å². The number of amides is 1. The molecule has 3 aromatic rings.